The van der Waals surface area contributed by atoms with Gasteiger partial charge in [-0.3, -0.25) is 9.59 Å². The molecular weight excluding hydrogens is 370 g/mol. The van der Waals surface area contributed by atoms with E-state index in [2.05, 4.69) is 10.1 Å². The highest BCUT2D eigenvalue weighted by Gasteiger charge is 2.25. The van der Waals surface area contributed by atoms with Gasteiger partial charge in [-0.15, -0.1) is 0 Å². The zero-order valence-electron chi connectivity index (χ0n) is 16.0. The molecule has 0 bridgehead atoms. The molecule has 0 amide bonds. The van der Waals surface area contributed by atoms with E-state index in [1.54, 1.807) is 37.4 Å². The third-order valence-electron chi connectivity index (χ3n) is 4.87. The number of Topliss-reactive ketones (excluding diaryl/α,β-unsaturated/α-hetero) is 1. The van der Waals surface area contributed by atoms with Gasteiger partial charge in [0.05, 0.1) is 5.39 Å². The van der Waals surface area contributed by atoms with Gasteiger partial charge < -0.3 is 9.72 Å². The number of hydrogen-bond acceptors (Lipinski definition) is 5. The van der Waals surface area contributed by atoms with Crippen LogP contribution in [0.15, 0.2) is 59.5 Å². The highest BCUT2D eigenvalue weighted by atomic mass is 16.5. The Hall–Kier alpha value is -3.74. The number of nitrogens with zero attached hydrogens (tertiary/aromatic N) is 2. The minimum absolute atomic E-state index is 0.0145. The first-order valence-electron chi connectivity index (χ1n) is 9.32. The van der Waals surface area contributed by atoms with Gasteiger partial charge in [-0.05, 0) is 26.0 Å². The van der Waals surface area contributed by atoms with Crippen molar-refractivity contribution in [2.24, 2.45) is 0 Å². The number of ether oxygens (including phenoxy) is 1. The maximum Gasteiger partial charge on any atom is 0.360 e. The highest BCUT2D eigenvalue weighted by molar-refractivity contribution is 6.11. The number of hydrogen-bond donors (Lipinski definition) is 1. The number of para-hydroxylation sites is 1. The fourth-order valence-electron chi connectivity index (χ4n) is 3.36. The lowest BCUT2D eigenvalue weighted by molar-refractivity contribution is 0.0313. The summed E-state index contributed by atoms with van der Waals surface area (Å²) in [4.78, 5) is 41.2. The van der Waals surface area contributed by atoms with E-state index in [-0.39, 0.29) is 17.0 Å². The lowest BCUT2D eigenvalue weighted by Crippen LogP contribution is -2.29. The molecule has 7 heteroatoms. The van der Waals surface area contributed by atoms with Crippen molar-refractivity contribution in [3.8, 4) is 0 Å². The van der Waals surface area contributed by atoms with E-state index in [1.807, 2.05) is 24.3 Å². The molecule has 7 nitrogen and oxygen atoms in total. The molecule has 0 aliphatic heterocycles. The smallest absolute Gasteiger partial charge is 0.360 e. The molecule has 0 fully saturated rings. The van der Waals surface area contributed by atoms with E-state index in [4.69, 9.17) is 4.74 Å². The summed E-state index contributed by atoms with van der Waals surface area (Å²) < 4.78 is 6.65. The van der Waals surface area contributed by atoms with Crippen LogP contribution in [-0.2, 0) is 11.3 Å². The number of carbonyl (C=O) groups is 2. The van der Waals surface area contributed by atoms with Crippen molar-refractivity contribution in [1.82, 2.24) is 14.8 Å². The summed E-state index contributed by atoms with van der Waals surface area (Å²) in [6.07, 6.45) is 0.603. The third kappa shape index (κ3) is 3.20. The molecule has 0 unspecified atom stereocenters. The Balaban J connectivity index is 1.67. The van der Waals surface area contributed by atoms with E-state index in [0.29, 0.717) is 22.9 Å². The molecule has 1 atom stereocenters. The van der Waals surface area contributed by atoms with Gasteiger partial charge in [-0.25, -0.2) is 9.48 Å². The van der Waals surface area contributed by atoms with Gasteiger partial charge in [0.2, 0.25) is 5.78 Å². The number of nitrogens with one attached hydrogen (secondary N) is 1. The lowest BCUT2D eigenvalue weighted by atomic mass is 10.1. The maximum atomic E-state index is 12.9. The van der Waals surface area contributed by atoms with Gasteiger partial charge in [-0.2, -0.15) is 5.10 Å². The van der Waals surface area contributed by atoms with E-state index in [0.717, 1.165) is 10.9 Å². The fraction of sp³-hybridized carbons (Fsp3) is 0.182. The standard InChI is InChI=1S/C22H19N3O4/c1-3-25-21(27)16-10-5-4-9-15(16)19(24-25)22(28)29-13(2)20(26)17-12-23-18-11-7-6-8-14(17)18/h4-13,23H,3H2,1-2H3/t13-/m0/s1. The molecule has 4 rings (SSSR count). The van der Waals surface area contributed by atoms with Crippen molar-refractivity contribution < 1.29 is 14.3 Å². The van der Waals surface area contributed by atoms with Gasteiger partial charge in [0, 0.05) is 34.6 Å². The molecule has 0 saturated carbocycles. The Bertz CT molecular complexity index is 1300. The van der Waals surface area contributed by atoms with Crippen LogP contribution in [0.25, 0.3) is 21.7 Å². The fourth-order valence-corrected chi connectivity index (χ4v) is 3.36. The maximum absolute atomic E-state index is 12.9. The molecule has 0 spiro atoms. The van der Waals surface area contributed by atoms with E-state index in [1.165, 1.54) is 11.6 Å². The summed E-state index contributed by atoms with van der Waals surface area (Å²) in [6, 6.07) is 14.1. The van der Waals surface area contributed by atoms with Gasteiger partial charge >= 0.3 is 5.97 Å². The van der Waals surface area contributed by atoms with Crippen LogP contribution in [0.5, 0.6) is 0 Å². The Morgan fingerprint density at radius 1 is 1.07 bits per heavy atom. The second-order valence-corrected chi connectivity index (χ2v) is 6.67. The number of benzene rings is 2. The summed E-state index contributed by atoms with van der Waals surface area (Å²) >= 11 is 0. The summed E-state index contributed by atoms with van der Waals surface area (Å²) in [5.74, 6) is -1.06. The first-order valence-corrected chi connectivity index (χ1v) is 9.32. The minimum Gasteiger partial charge on any atom is -0.449 e. The SMILES string of the molecule is CCn1nc(C(=O)O[C@@H](C)C(=O)c2c[nH]c3ccccc23)c2ccccc2c1=O. The molecule has 0 aliphatic rings. The largest absolute Gasteiger partial charge is 0.449 e. The zero-order chi connectivity index (χ0) is 20.5. The van der Waals surface area contributed by atoms with Crippen molar-refractivity contribution in [1.29, 1.82) is 0 Å². The normalized spacial score (nSPS) is 12.2. The van der Waals surface area contributed by atoms with Crippen LogP contribution in [-0.4, -0.2) is 32.6 Å². The van der Waals surface area contributed by atoms with Gasteiger partial charge in [0.1, 0.15) is 0 Å². The number of ketones is 1. The first-order chi connectivity index (χ1) is 14.0. The summed E-state index contributed by atoms with van der Waals surface area (Å²) in [5, 5.41) is 5.71. The zero-order valence-corrected chi connectivity index (χ0v) is 16.0. The monoisotopic (exact) mass is 389 g/mol. The Morgan fingerprint density at radius 2 is 1.72 bits per heavy atom. The van der Waals surface area contributed by atoms with Crippen molar-refractivity contribution in [3.63, 3.8) is 0 Å². The van der Waals surface area contributed by atoms with Crippen LogP contribution in [0.4, 0.5) is 0 Å². The average Bonchev–Trinajstić information content (AvgIpc) is 3.17. The molecule has 0 radical (unpaired) electrons. The van der Waals surface area contributed by atoms with Crippen LogP contribution >= 0.6 is 0 Å². The predicted molar refractivity (Wildman–Crippen MR) is 109 cm³/mol. The second-order valence-electron chi connectivity index (χ2n) is 6.67. The first kappa shape index (κ1) is 18.6. The predicted octanol–water partition coefficient (Wildman–Crippen LogP) is 3.33. The number of aromatic amines is 1. The molecule has 0 saturated heterocycles. The van der Waals surface area contributed by atoms with E-state index >= 15 is 0 Å². The number of fused-ring (bicyclic) bond motifs is 2. The number of aromatic nitrogens is 3. The number of rotatable bonds is 5. The molecular formula is C22H19N3O4. The molecule has 2 aromatic carbocycles. The number of esters is 1. The van der Waals surface area contributed by atoms with Crippen LogP contribution in [0, 0.1) is 0 Å². The van der Waals surface area contributed by atoms with E-state index < -0.39 is 12.1 Å². The third-order valence-corrected chi connectivity index (χ3v) is 4.87. The summed E-state index contributed by atoms with van der Waals surface area (Å²) in [5.41, 5.74) is 1.03. The molecule has 29 heavy (non-hydrogen) atoms. The number of H-pyrrole nitrogens is 1. The molecule has 2 heterocycles. The van der Waals surface area contributed by atoms with Crippen molar-refractivity contribution in [2.75, 3.05) is 0 Å². The average molecular weight is 389 g/mol. The van der Waals surface area contributed by atoms with Crippen LogP contribution in [0.2, 0.25) is 0 Å². The van der Waals surface area contributed by atoms with Crippen LogP contribution < -0.4 is 5.56 Å². The molecule has 4 aromatic rings. The summed E-state index contributed by atoms with van der Waals surface area (Å²) in [7, 11) is 0. The molecule has 2 aromatic heterocycles. The second kappa shape index (κ2) is 7.35. The van der Waals surface area contributed by atoms with Gasteiger partial charge in [0.25, 0.3) is 5.56 Å². The van der Waals surface area contributed by atoms with Crippen LogP contribution in [0.3, 0.4) is 0 Å². The van der Waals surface area contributed by atoms with Crippen molar-refractivity contribution >= 4 is 33.4 Å². The lowest BCUT2D eigenvalue weighted by Gasteiger charge is -2.13. The topological polar surface area (TPSA) is 94.1 Å². The molecule has 0 aliphatic carbocycles. The Kier molecular flexibility index (Phi) is 4.72. The Labute approximate surface area is 165 Å². The van der Waals surface area contributed by atoms with Gasteiger partial charge in [0.15, 0.2) is 11.8 Å². The number of aryl methyl sites for hydroxylation is 1. The molecule has 146 valence electrons. The number of carbonyl (C=O) groups excluding carboxylic acids is 2. The Morgan fingerprint density at radius 3 is 2.45 bits per heavy atom. The van der Waals surface area contributed by atoms with Crippen LogP contribution in [0.1, 0.15) is 34.7 Å². The van der Waals surface area contributed by atoms with Crippen molar-refractivity contribution in [3.05, 3.63) is 76.3 Å². The van der Waals surface area contributed by atoms with Gasteiger partial charge in [-0.1, -0.05) is 36.4 Å². The van der Waals surface area contributed by atoms with E-state index in [9.17, 15) is 14.4 Å². The van der Waals surface area contributed by atoms with Crippen molar-refractivity contribution in [2.45, 2.75) is 26.5 Å². The minimum atomic E-state index is -1.01. The quantitative estimate of drug-likeness (QED) is 0.417. The summed E-state index contributed by atoms with van der Waals surface area (Å²) in [6.45, 7) is 3.61. The highest BCUT2D eigenvalue weighted by Crippen LogP contribution is 2.21. The molecule has 1 N–H and O–H groups in total.